The highest BCUT2D eigenvalue weighted by molar-refractivity contribution is 5.77. The summed E-state index contributed by atoms with van der Waals surface area (Å²) in [5.41, 5.74) is 0. The highest BCUT2D eigenvalue weighted by atomic mass is 16.6. The zero-order valence-electron chi connectivity index (χ0n) is 12.8. The molecule has 3 saturated heterocycles. The lowest BCUT2D eigenvalue weighted by Crippen LogP contribution is -2.28. The Bertz CT molecular complexity index is 625. The standard InChI is InChI=1S/C9H10O3.C9H10O2/c10-9-6-4-1-3(5(6)2-11-9)7-8(4)12-7;10-9-8-6-2-1-5(3-6)7(8)4-11-9/h3-8H,1-2H2;1-2,5-8H,3-4H2. The van der Waals surface area contributed by atoms with Crippen molar-refractivity contribution in [2.24, 2.45) is 47.3 Å². The Morgan fingerprint density at radius 2 is 1.43 bits per heavy atom. The Morgan fingerprint density at radius 1 is 0.739 bits per heavy atom. The zero-order valence-corrected chi connectivity index (χ0v) is 12.8. The molecule has 0 radical (unpaired) electrons. The van der Waals surface area contributed by atoms with E-state index in [1.807, 2.05) is 0 Å². The van der Waals surface area contributed by atoms with E-state index < -0.39 is 0 Å². The van der Waals surface area contributed by atoms with Crippen LogP contribution < -0.4 is 0 Å². The largest absolute Gasteiger partial charge is 0.465 e. The summed E-state index contributed by atoms with van der Waals surface area (Å²) in [5, 5.41) is 0. The summed E-state index contributed by atoms with van der Waals surface area (Å²) in [4.78, 5) is 22.5. The molecule has 6 fully saturated rings. The van der Waals surface area contributed by atoms with Crippen molar-refractivity contribution < 1.29 is 23.8 Å². The van der Waals surface area contributed by atoms with Gasteiger partial charge in [0, 0.05) is 17.8 Å². The molecule has 23 heavy (non-hydrogen) atoms. The Hall–Kier alpha value is -1.36. The first-order valence-electron chi connectivity index (χ1n) is 8.89. The lowest BCUT2D eigenvalue weighted by atomic mass is 9.81. The normalized spacial score (nSPS) is 58.3. The van der Waals surface area contributed by atoms with Crippen molar-refractivity contribution >= 4 is 11.9 Å². The number of esters is 2. The van der Waals surface area contributed by atoms with Crippen LogP contribution in [0.1, 0.15) is 12.8 Å². The van der Waals surface area contributed by atoms with Gasteiger partial charge in [0.15, 0.2) is 0 Å². The molecule has 3 heterocycles. The van der Waals surface area contributed by atoms with Crippen molar-refractivity contribution in [3.63, 3.8) is 0 Å². The Labute approximate surface area is 134 Å². The Balaban J connectivity index is 0.0000000979. The van der Waals surface area contributed by atoms with E-state index in [-0.39, 0.29) is 23.8 Å². The fourth-order valence-corrected chi connectivity index (χ4v) is 6.39. The van der Waals surface area contributed by atoms with E-state index in [4.69, 9.17) is 14.2 Å². The number of cyclic esters (lactones) is 2. The SMILES string of the molecule is O=C1OCC2C3C=CC(C3)C12.O=C1OCC2C3CC(C4OC34)C12. The minimum absolute atomic E-state index is 0.0430. The fourth-order valence-electron chi connectivity index (χ4n) is 6.39. The molecule has 10 unspecified atom stereocenters. The molecule has 0 spiro atoms. The van der Waals surface area contributed by atoms with Gasteiger partial charge in [-0.2, -0.15) is 0 Å². The average molecular weight is 316 g/mol. The minimum Gasteiger partial charge on any atom is -0.465 e. The maximum atomic E-state index is 11.3. The molecule has 7 rings (SSSR count). The predicted molar refractivity (Wildman–Crippen MR) is 76.9 cm³/mol. The summed E-state index contributed by atoms with van der Waals surface area (Å²) < 4.78 is 15.6. The van der Waals surface area contributed by atoms with Gasteiger partial charge in [-0.25, -0.2) is 0 Å². The van der Waals surface area contributed by atoms with Crippen molar-refractivity contribution in [3.05, 3.63) is 12.2 Å². The molecular weight excluding hydrogens is 296 g/mol. The Morgan fingerprint density at radius 3 is 2.26 bits per heavy atom. The predicted octanol–water partition coefficient (Wildman–Crippen LogP) is 1.17. The van der Waals surface area contributed by atoms with E-state index in [9.17, 15) is 9.59 Å². The van der Waals surface area contributed by atoms with Crippen LogP contribution in [0.3, 0.4) is 0 Å². The molecule has 7 aliphatic rings. The third kappa shape index (κ3) is 1.57. The molecule has 3 aliphatic heterocycles. The number of hydrogen-bond acceptors (Lipinski definition) is 5. The van der Waals surface area contributed by atoms with Crippen LogP contribution in [0.15, 0.2) is 12.2 Å². The van der Waals surface area contributed by atoms with E-state index in [1.165, 1.54) is 12.8 Å². The smallest absolute Gasteiger partial charge is 0.309 e. The number of fused-ring (bicyclic) bond motifs is 13. The molecule has 0 amide bonds. The molecule has 5 heteroatoms. The van der Waals surface area contributed by atoms with Crippen LogP contribution in [0.2, 0.25) is 0 Å². The van der Waals surface area contributed by atoms with Gasteiger partial charge in [-0.05, 0) is 30.6 Å². The molecule has 122 valence electrons. The monoisotopic (exact) mass is 316 g/mol. The van der Waals surface area contributed by atoms with Gasteiger partial charge in [-0.3, -0.25) is 9.59 Å². The van der Waals surface area contributed by atoms with E-state index in [1.54, 1.807) is 0 Å². The summed E-state index contributed by atoms with van der Waals surface area (Å²) in [7, 11) is 0. The molecular formula is C18H20O5. The molecule has 0 aromatic rings. The van der Waals surface area contributed by atoms with Crippen molar-refractivity contribution in [3.8, 4) is 0 Å². The fraction of sp³-hybridized carbons (Fsp3) is 0.778. The van der Waals surface area contributed by atoms with Crippen molar-refractivity contribution in [1.82, 2.24) is 0 Å². The summed E-state index contributed by atoms with van der Waals surface area (Å²) in [6.45, 7) is 1.34. The van der Waals surface area contributed by atoms with Gasteiger partial charge in [0.25, 0.3) is 0 Å². The molecule has 4 bridgehead atoms. The van der Waals surface area contributed by atoms with Crippen LogP contribution >= 0.6 is 0 Å². The Kier molecular flexibility index (Phi) is 2.36. The topological polar surface area (TPSA) is 65.1 Å². The van der Waals surface area contributed by atoms with Crippen LogP contribution in [0.5, 0.6) is 0 Å². The summed E-state index contributed by atoms with van der Waals surface area (Å²) in [6.07, 6.45) is 7.81. The lowest BCUT2D eigenvalue weighted by molar-refractivity contribution is -0.143. The van der Waals surface area contributed by atoms with Crippen molar-refractivity contribution in [1.29, 1.82) is 0 Å². The van der Waals surface area contributed by atoms with Gasteiger partial charge in [-0.1, -0.05) is 12.2 Å². The van der Waals surface area contributed by atoms with Crippen LogP contribution in [-0.2, 0) is 23.8 Å². The van der Waals surface area contributed by atoms with Gasteiger partial charge < -0.3 is 14.2 Å². The van der Waals surface area contributed by atoms with Gasteiger partial charge in [0.05, 0.1) is 37.3 Å². The number of allylic oxidation sites excluding steroid dienone is 2. The molecule has 0 N–H and O–H groups in total. The summed E-state index contributed by atoms with van der Waals surface area (Å²) in [6, 6.07) is 0. The first-order valence-corrected chi connectivity index (χ1v) is 8.89. The van der Waals surface area contributed by atoms with Crippen LogP contribution in [-0.4, -0.2) is 37.4 Å². The van der Waals surface area contributed by atoms with Crippen molar-refractivity contribution in [2.75, 3.05) is 13.2 Å². The average Bonchev–Trinajstić information content (AvgIpc) is 3.12. The molecule has 3 saturated carbocycles. The summed E-state index contributed by atoms with van der Waals surface area (Å²) in [5.74, 6) is 3.88. The highest BCUT2D eigenvalue weighted by Crippen LogP contribution is 2.63. The van der Waals surface area contributed by atoms with E-state index >= 15 is 0 Å². The second-order valence-electron chi connectivity index (χ2n) is 8.22. The number of rotatable bonds is 0. The first kappa shape index (κ1) is 13.0. The maximum absolute atomic E-state index is 11.3. The van der Waals surface area contributed by atoms with Gasteiger partial charge in [-0.15, -0.1) is 0 Å². The van der Waals surface area contributed by atoms with E-state index in [2.05, 4.69) is 12.2 Å². The minimum atomic E-state index is 0.0430. The van der Waals surface area contributed by atoms with Gasteiger partial charge >= 0.3 is 11.9 Å². The summed E-state index contributed by atoms with van der Waals surface area (Å²) >= 11 is 0. The van der Waals surface area contributed by atoms with Crippen LogP contribution in [0.25, 0.3) is 0 Å². The number of hydrogen-bond donors (Lipinski definition) is 0. The second-order valence-corrected chi connectivity index (χ2v) is 8.22. The zero-order chi connectivity index (χ0) is 15.3. The van der Waals surface area contributed by atoms with Crippen LogP contribution in [0, 0.1) is 47.3 Å². The highest BCUT2D eigenvalue weighted by Gasteiger charge is 2.70. The van der Waals surface area contributed by atoms with Crippen LogP contribution in [0.4, 0.5) is 0 Å². The molecule has 5 nitrogen and oxygen atoms in total. The van der Waals surface area contributed by atoms with E-state index in [0.717, 1.165) is 0 Å². The molecule has 10 atom stereocenters. The number of epoxide rings is 1. The quantitative estimate of drug-likeness (QED) is 0.381. The first-order chi connectivity index (χ1) is 11.2. The van der Waals surface area contributed by atoms with Gasteiger partial charge in [0.1, 0.15) is 0 Å². The van der Waals surface area contributed by atoms with Gasteiger partial charge in [0.2, 0.25) is 0 Å². The molecule has 0 aromatic heterocycles. The second kappa shape index (κ2) is 4.18. The number of ether oxygens (including phenoxy) is 3. The third-order valence-electron chi connectivity index (χ3n) is 7.42. The number of carbonyl (C=O) groups is 2. The lowest BCUT2D eigenvalue weighted by Gasteiger charge is -2.15. The molecule has 4 aliphatic carbocycles. The molecule has 0 aromatic carbocycles. The van der Waals surface area contributed by atoms with Crippen molar-refractivity contribution in [2.45, 2.75) is 25.0 Å². The number of carbonyl (C=O) groups excluding carboxylic acids is 2. The maximum Gasteiger partial charge on any atom is 0.309 e. The van der Waals surface area contributed by atoms with E-state index in [0.29, 0.717) is 60.9 Å². The third-order valence-corrected chi connectivity index (χ3v) is 7.42.